The highest BCUT2D eigenvalue weighted by atomic mass is 16.2. The zero-order chi connectivity index (χ0) is 21.5. The van der Waals surface area contributed by atoms with Crippen molar-refractivity contribution < 1.29 is 9.59 Å². The lowest BCUT2D eigenvalue weighted by Crippen LogP contribution is -2.44. The zero-order valence-corrected chi connectivity index (χ0v) is 17.0. The molecule has 0 aliphatic carbocycles. The maximum Gasteiger partial charge on any atom is 0.277 e. The van der Waals surface area contributed by atoms with Crippen molar-refractivity contribution in [1.82, 2.24) is 9.80 Å². The minimum atomic E-state index is -0.638. The van der Waals surface area contributed by atoms with Gasteiger partial charge >= 0.3 is 0 Å². The van der Waals surface area contributed by atoms with Crippen molar-refractivity contribution in [2.75, 3.05) is 36.8 Å². The number of anilines is 2. The first-order valence-corrected chi connectivity index (χ1v) is 9.80. The molecule has 7 nitrogen and oxygen atoms in total. The molecule has 2 aromatic rings. The minimum absolute atomic E-state index is 0.0708. The number of rotatable bonds is 5. The van der Waals surface area contributed by atoms with Gasteiger partial charge in [-0.15, -0.1) is 0 Å². The van der Waals surface area contributed by atoms with E-state index in [4.69, 9.17) is 5.73 Å². The van der Waals surface area contributed by atoms with Crippen LogP contribution in [0, 0.1) is 11.3 Å². The molecule has 0 atom stereocenters. The maximum atomic E-state index is 12.9. The highest BCUT2D eigenvalue weighted by molar-refractivity contribution is 6.21. The molecule has 0 aromatic heterocycles. The highest BCUT2D eigenvalue weighted by Crippen LogP contribution is 2.19. The monoisotopic (exact) mass is 403 g/mol. The van der Waals surface area contributed by atoms with E-state index < -0.39 is 11.8 Å². The second kappa shape index (κ2) is 9.72. The van der Waals surface area contributed by atoms with Crippen LogP contribution in [0.15, 0.2) is 66.4 Å². The van der Waals surface area contributed by atoms with Crippen molar-refractivity contribution in [2.45, 2.75) is 13.5 Å². The summed E-state index contributed by atoms with van der Waals surface area (Å²) in [5.41, 5.74) is 7.79. The SMILES string of the molecule is CC(=O)N(C(=O)/C(C#N)=C\N1CCN(Cc2ccccc2)CC1)c1ccc(N)cc1. The Hall–Kier alpha value is -3.63. The zero-order valence-electron chi connectivity index (χ0n) is 17.0. The van der Waals surface area contributed by atoms with Crippen LogP contribution in [0.4, 0.5) is 11.4 Å². The van der Waals surface area contributed by atoms with Crippen LogP contribution < -0.4 is 10.6 Å². The van der Waals surface area contributed by atoms with E-state index in [1.165, 1.54) is 12.5 Å². The predicted molar refractivity (Wildman–Crippen MR) is 116 cm³/mol. The van der Waals surface area contributed by atoms with Crippen molar-refractivity contribution >= 4 is 23.2 Å². The Morgan fingerprint density at radius 3 is 2.27 bits per heavy atom. The second-order valence-electron chi connectivity index (χ2n) is 7.20. The third-order valence-electron chi connectivity index (χ3n) is 4.99. The molecule has 3 rings (SSSR count). The molecule has 1 heterocycles. The molecule has 0 radical (unpaired) electrons. The van der Waals surface area contributed by atoms with Crippen molar-refractivity contribution in [2.24, 2.45) is 0 Å². The van der Waals surface area contributed by atoms with Crippen LogP contribution in [-0.4, -0.2) is 47.8 Å². The summed E-state index contributed by atoms with van der Waals surface area (Å²) in [6.45, 7) is 5.23. The van der Waals surface area contributed by atoms with Crippen molar-refractivity contribution in [1.29, 1.82) is 5.26 Å². The van der Waals surface area contributed by atoms with Gasteiger partial charge in [0.15, 0.2) is 0 Å². The Balaban J connectivity index is 1.67. The fraction of sp³-hybridized carbons (Fsp3) is 0.261. The van der Waals surface area contributed by atoms with Gasteiger partial charge in [0.2, 0.25) is 5.91 Å². The average Bonchev–Trinajstić information content (AvgIpc) is 2.75. The third kappa shape index (κ3) is 5.25. The minimum Gasteiger partial charge on any atom is -0.399 e. The number of piperazine rings is 1. The molecule has 1 saturated heterocycles. The number of benzene rings is 2. The number of hydrogen-bond acceptors (Lipinski definition) is 6. The van der Waals surface area contributed by atoms with Gasteiger partial charge in [-0.25, -0.2) is 4.90 Å². The van der Waals surface area contributed by atoms with E-state index >= 15 is 0 Å². The molecule has 1 aliphatic heterocycles. The number of hydrogen-bond donors (Lipinski definition) is 1. The predicted octanol–water partition coefficient (Wildman–Crippen LogP) is 2.37. The van der Waals surface area contributed by atoms with Crippen molar-refractivity contribution in [3.63, 3.8) is 0 Å². The first-order valence-electron chi connectivity index (χ1n) is 9.80. The molecule has 7 heteroatoms. The lowest BCUT2D eigenvalue weighted by Gasteiger charge is -2.34. The molecule has 30 heavy (non-hydrogen) atoms. The Bertz CT molecular complexity index is 955. The summed E-state index contributed by atoms with van der Waals surface area (Å²) in [5, 5.41) is 9.56. The van der Waals surface area contributed by atoms with Gasteiger partial charge in [-0.3, -0.25) is 14.5 Å². The number of carbonyl (C=O) groups excluding carboxylic acids is 2. The summed E-state index contributed by atoms with van der Waals surface area (Å²) >= 11 is 0. The van der Waals surface area contributed by atoms with Crippen LogP contribution in [0.25, 0.3) is 0 Å². The number of nitrogen functional groups attached to an aromatic ring is 1. The summed E-state index contributed by atoms with van der Waals surface area (Å²) in [7, 11) is 0. The molecule has 0 bridgehead atoms. The van der Waals surface area contributed by atoms with Crippen LogP contribution >= 0.6 is 0 Å². The fourth-order valence-corrected chi connectivity index (χ4v) is 3.39. The Morgan fingerprint density at radius 2 is 1.70 bits per heavy atom. The average molecular weight is 403 g/mol. The molecule has 0 unspecified atom stereocenters. The molecule has 0 spiro atoms. The Labute approximate surface area is 176 Å². The topological polar surface area (TPSA) is 93.7 Å². The standard InChI is InChI=1S/C23H25N5O2/c1-18(29)28(22-9-7-21(25)8-10-22)23(30)20(15-24)17-27-13-11-26(12-14-27)16-19-5-3-2-4-6-19/h2-10,17H,11-14,16,25H2,1H3/b20-17-. The molecule has 0 saturated carbocycles. The van der Waals surface area contributed by atoms with Gasteiger partial charge in [0.05, 0.1) is 5.69 Å². The molecule has 154 valence electrons. The van der Waals surface area contributed by atoms with Gasteiger partial charge in [0.25, 0.3) is 5.91 Å². The lowest BCUT2D eigenvalue weighted by atomic mass is 10.2. The van der Waals surface area contributed by atoms with Gasteiger partial charge in [-0.2, -0.15) is 5.26 Å². The number of nitrogens with zero attached hydrogens (tertiary/aromatic N) is 4. The fourth-order valence-electron chi connectivity index (χ4n) is 3.39. The molecule has 1 aliphatic rings. The van der Waals surface area contributed by atoms with Crippen LogP contribution in [-0.2, 0) is 16.1 Å². The van der Waals surface area contributed by atoms with Crippen LogP contribution in [0.3, 0.4) is 0 Å². The number of amides is 2. The summed E-state index contributed by atoms with van der Waals surface area (Å²) in [4.78, 5) is 30.3. The molecule has 1 fully saturated rings. The highest BCUT2D eigenvalue weighted by Gasteiger charge is 2.25. The number of carbonyl (C=O) groups is 2. The molecular formula is C23H25N5O2. The maximum absolute atomic E-state index is 12.9. The normalized spacial score (nSPS) is 14.8. The molecule has 2 amide bonds. The van der Waals surface area contributed by atoms with E-state index in [0.717, 1.165) is 24.5 Å². The number of imide groups is 1. The smallest absolute Gasteiger partial charge is 0.277 e. The van der Waals surface area contributed by atoms with Crippen LogP contribution in [0.2, 0.25) is 0 Å². The lowest BCUT2D eigenvalue weighted by molar-refractivity contribution is -0.123. The van der Waals surface area contributed by atoms with E-state index in [2.05, 4.69) is 17.0 Å². The summed E-state index contributed by atoms with van der Waals surface area (Å²) in [6, 6.07) is 18.6. The molecular weight excluding hydrogens is 378 g/mol. The van der Waals surface area contributed by atoms with E-state index in [-0.39, 0.29) is 5.57 Å². The summed E-state index contributed by atoms with van der Waals surface area (Å²) in [6.07, 6.45) is 1.56. The quantitative estimate of drug-likeness (QED) is 0.468. The molecule has 2 aromatic carbocycles. The van der Waals surface area contributed by atoms with Crippen LogP contribution in [0.5, 0.6) is 0 Å². The van der Waals surface area contributed by atoms with Gasteiger partial charge in [0, 0.05) is 51.5 Å². The van der Waals surface area contributed by atoms with E-state index in [1.807, 2.05) is 29.2 Å². The summed E-state index contributed by atoms with van der Waals surface area (Å²) in [5.74, 6) is -1.10. The summed E-state index contributed by atoms with van der Waals surface area (Å²) < 4.78 is 0. The van der Waals surface area contributed by atoms with E-state index in [9.17, 15) is 14.9 Å². The molecule has 2 N–H and O–H groups in total. The second-order valence-corrected chi connectivity index (χ2v) is 7.20. The van der Waals surface area contributed by atoms with Gasteiger partial charge in [-0.05, 0) is 29.8 Å². The van der Waals surface area contributed by atoms with Crippen molar-refractivity contribution in [3.05, 3.63) is 71.9 Å². The Morgan fingerprint density at radius 1 is 1.07 bits per heavy atom. The van der Waals surface area contributed by atoms with Crippen LogP contribution in [0.1, 0.15) is 12.5 Å². The number of nitriles is 1. The Kier molecular flexibility index (Phi) is 6.83. The third-order valence-corrected chi connectivity index (χ3v) is 4.99. The first kappa shape index (κ1) is 21.1. The van der Waals surface area contributed by atoms with Gasteiger partial charge in [0.1, 0.15) is 11.6 Å². The van der Waals surface area contributed by atoms with E-state index in [0.29, 0.717) is 24.5 Å². The van der Waals surface area contributed by atoms with Gasteiger partial charge in [-0.1, -0.05) is 30.3 Å². The largest absolute Gasteiger partial charge is 0.399 e. The first-order chi connectivity index (χ1) is 14.5. The number of nitrogens with two attached hydrogens (primary N) is 1. The van der Waals surface area contributed by atoms with Gasteiger partial charge < -0.3 is 10.6 Å². The van der Waals surface area contributed by atoms with E-state index in [1.54, 1.807) is 30.5 Å². The van der Waals surface area contributed by atoms with Crippen molar-refractivity contribution in [3.8, 4) is 6.07 Å².